The molecule has 1 aliphatic rings. The second-order valence-corrected chi connectivity index (χ2v) is 7.24. The minimum atomic E-state index is 0.273. The van der Waals surface area contributed by atoms with Crippen LogP contribution in [-0.2, 0) is 6.42 Å². The lowest BCUT2D eigenvalue weighted by molar-refractivity contribution is 0.453. The van der Waals surface area contributed by atoms with Gasteiger partial charge in [-0.2, -0.15) is 0 Å². The summed E-state index contributed by atoms with van der Waals surface area (Å²) in [6, 6.07) is 10.9. The van der Waals surface area contributed by atoms with Crippen molar-refractivity contribution >= 4 is 34.5 Å². The molecule has 0 radical (unpaired) electrons. The topological polar surface area (TPSA) is 12.0 Å². The highest BCUT2D eigenvalue weighted by Gasteiger charge is 2.29. The van der Waals surface area contributed by atoms with E-state index in [0.717, 1.165) is 20.7 Å². The van der Waals surface area contributed by atoms with Crippen molar-refractivity contribution < 1.29 is 0 Å². The standard InChI is InChI=1S/C15H15Cl2NS/c1-18-13(12-8-14(16)19-15(12)17)7-10-6-9-4-2-3-5-11(9)10/h2-5,8,10,13,18H,6-7H2,1H3. The first-order chi connectivity index (χ1) is 9.19. The van der Waals surface area contributed by atoms with Gasteiger partial charge in [-0.15, -0.1) is 11.3 Å². The zero-order valence-electron chi connectivity index (χ0n) is 10.6. The maximum Gasteiger partial charge on any atom is 0.0991 e. The molecule has 2 unspecified atom stereocenters. The average Bonchev–Trinajstić information content (AvgIpc) is 2.70. The zero-order chi connectivity index (χ0) is 13.4. The molecule has 1 aromatic heterocycles. The Labute approximate surface area is 127 Å². The van der Waals surface area contributed by atoms with Crippen LogP contribution in [0.4, 0.5) is 0 Å². The fourth-order valence-electron chi connectivity index (χ4n) is 2.85. The summed E-state index contributed by atoms with van der Waals surface area (Å²) in [4.78, 5) is 0. The Hall–Kier alpha value is -0.540. The van der Waals surface area contributed by atoms with Gasteiger partial charge in [0.1, 0.15) is 0 Å². The van der Waals surface area contributed by atoms with E-state index in [9.17, 15) is 0 Å². The molecule has 0 spiro atoms. The average molecular weight is 312 g/mol. The number of hydrogen-bond donors (Lipinski definition) is 1. The fourth-order valence-corrected chi connectivity index (χ4v) is 4.43. The number of benzene rings is 1. The first-order valence-corrected chi connectivity index (χ1v) is 7.96. The predicted octanol–water partition coefficient (Wildman–Crippen LogP) is 5.05. The molecule has 2 aromatic rings. The summed E-state index contributed by atoms with van der Waals surface area (Å²) in [6.07, 6.45) is 2.24. The molecule has 0 fully saturated rings. The van der Waals surface area contributed by atoms with Crippen LogP contribution in [0.25, 0.3) is 0 Å². The van der Waals surface area contributed by atoms with Gasteiger partial charge in [0.05, 0.1) is 8.67 Å². The molecular weight excluding hydrogens is 297 g/mol. The normalized spacial score (nSPS) is 18.8. The largest absolute Gasteiger partial charge is 0.313 e. The van der Waals surface area contributed by atoms with Crippen LogP contribution in [0.3, 0.4) is 0 Å². The molecule has 0 amide bonds. The fraction of sp³-hybridized carbons (Fsp3) is 0.333. The van der Waals surface area contributed by atoms with Crippen LogP contribution < -0.4 is 5.32 Å². The number of fused-ring (bicyclic) bond motifs is 1. The van der Waals surface area contributed by atoms with E-state index in [2.05, 4.69) is 29.6 Å². The number of halogens is 2. The van der Waals surface area contributed by atoms with Gasteiger partial charge in [0.15, 0.2) is 0 Å². The Kier molecular flexibility index (Phi) is 3.86. The lowest BCUT2D eigenvalue weighted by atomic mass is 9.74. The Morgan fingerprint density at radius 1 is 1.37 bits per heavy atom. The molecule has 0 aliphatic heterocycles. The van der Waals surface area contributed by atoms with Gasteiger partial charge >= 0.3 is 0 Å². The SMILES string of the molecule is CNC(CC1Cc2ccccc21)c1cc(Cl)sc1Cl. The van der Waals surface area contributed by atoms with Crippen molar-refractivity contribution in [1.29, 1.82) is 0 Å². The maximum absolute atomic E-state index is 6.26. The van der Waals surface area contributed by atoms with E-state index in [4.69, 9.17) is 23.2 Å². The van der Waals surface area contributed by atoms with Gasteiger partial charge in [-0.25, -0.2) is 0 Å². The van der Waals surface area contributed by atoms with E-state index in [1.165, 1.54) is 28.9 Å². The molecule has 2 atom stereocenters. The molecular formula is C15H15Cl2NS. The Balaban J connectivity index is 1.77. The van der Waals surface area contributed by atoms with Crippen LogP contribution in [-0.4, -0.2) is 7.05 Å². The lowest BCUT2D eigenvalue weighted by Gasteiger charge is -2.33. The summed E-state index contributed by atoms with van der Waals surface area (Å²) in [6.45, 7) is 0. The van der Waals surface area contributed by atoms with Crippen molar-refractivity contribution in [2.45, 2.75) is 24.8 Å². The van der Waals surface area contributed by atoms with Crippen molar-refractivity contribution in [2.24, 2.45) is 0 Å². The third-order valence-electron chi connectivity index (χ3n) is 3.89. The monoisotopic (exact) mass is 311 g/mol. The first kappa shape index (κ1) is 13.4. The molecule has 19 heavy (non-hydrogen) atoms. The van der Waals surface area contributed by atoms with Crippen LogP contribution in [0, 0.1) is 0 Å². The number of thiophene rings is 1. The molecule has 3 rings (SSSR count). The van der Waals surface area contributed by atoms with Crippen LogP contribution in [0.2, 0.25) is 8.67 Å². The van der Waals surface area contributed by atoms with Crippen LogP contribution in [0.1, 0.15) is 35.1 Å². The maximum atomic E-state index is 6.26. The van der Waals surface area contributed by atoms with E-state index in [-0.39, 0.29) is 6.04 Å². The molecule has 0 bridgehead atoms. The van der Waals surface area contributed by atoms with Gasteiger partial charge < -0.3 is 5.32 Å². The summed E-state index contributed by atoms with van der Waals surface area (Å²) < 4.78 is 1.56. The van der Waals surface area contributed by atoms with E-state index in [0.29, 0.717) is 5.92 Å². The first-order valence-electron chi connectivity index (χ1n) is 6.39. The van der Waals surface area contributed by atoms with E-state index in [1.54, 1.807) is 0 Å². The van der Waals surface area contributed by atoms with Crippen molar-refractivity contribution in [1.82, 2.24) is 5.32 Å². The minimum Gasteiger partial charge on any atom is -0.313 e. The second kappa shape index (κ2) is 5.45. The smallest absolute Gasteiger partial charge is 0.0991 e. The number of nitrogens with one attached hydrogen (secondary N) is 1. The third-order valence-corrected chi connectivity index (χ3v) is 5.41. The lowest BCUT2D eigenvalue weighted by Crippen LogP contribution is -2.24. The molecule has 1 N–H and O–H groups in total. The Morgan fingerprint density at radius 3 is 2.79 bits per heavy atom. The third kappa shape index (κ3) is 2.55. The van der Waals surface area contributed by atoms with Gasteiger partial charge in [0.25, 0.3) is 0 Å². The van der Waals surface area contributed by atoms with Gasteiger partial charge in [-0.1, -0.05) is 47.5 Å². The number of hydrogen-bond acceptors (Lipinski definition) is 2. The highest BCUT2D eigenvalue weighted by atomic mass is 35.5. The predicted molar refractivity (Wildman–Crippen MR) is 83.6 cm³/mol. The summed E-state index contributed by atoms with van der Waals surface area (Å²) in [5.74, 6) is 0.628. The zero-order valence-corrected chi connectivity index (χ0v) is 12.9. The van der Waals surface area contributed by atoms with Gasteiger partial charge in [0, 0.05) is 11.6 Å². The van der Waals surface area contributed by atoms with Crippen molar-refractivity contribution in [3.05, 3.63) is 55.7 Å². The summed E-state index contributed by atoms with van der Waals surface area (Å²) in [5.41, 5.74) is 4.10. The van der Waals surface area contributed by atoms with Crippen LogP contribution in [0.5, 0.6) is 0 Å². The van der Waals surface area contributed by atoms with Crippen molar-refractivity contribution in [2.75, 3.05) is 7.05 Å². The molecule has 100 valence electrons. The van der Waals surface area contributed by atoms with E-state index < -0.39 is 0 Å². The van der Waals surface area contributed by atoms with Gasteiger partial charge in [0.2, 0.25) is 0 Å². The molecule has 1 heterocycles. The van der Waals surface area contributed by atoms with Gasteiger partial charge in [-0.3, -0.25) is 0 Å². The van der Waals surface area contributed by atoms with E-state index in [1.807, 2.05) is 13.1 Å². The Morgan fingerprint density at radius 2 is 2.16 bits per heavy atom. The molecule has 0 saturated heterocycles. The summed E-state index contributed by atoms with van der Waals surface area (Å²) >= 11 is 13.7. The Bertz CT molecular complexity index is 594. The summed E-state index contributed by atoms with van der Waals surface area (Å²) in [5, 5.41) is 3.37. The van der Waals surface area contributed by atoms with Crippen molar-refractivity contribution in [3.8, 4) is 0 Å². The molecule has 1 nitrogen and oxygen atoms in total. The molecule has 0 saturated carbocycles. The van der Waals surface area contributed by atoms with Gasteiger partial charge in [-0.05, 0) is 43.0 Å². The van der Waals surface area contributed by atoms with E-state index >= 15 is 0 Å². The second-order valence-electron chi connectivity index (χ2n) is 4.96. The molecule has 1 aliphatic carbocycles. The van der Waals surface area contributed by atoms with Crippen LogP contribution >= 0.6 is 34.5 Å². The molecule has 4 heteroatoms. The summed E-state index contributed by atoms with van der Waals surface area (Å²) in [7, 11) is 1.98. The quantitative estimate of drug-likeness (QED) is 0.833. The minimum absolute atomic E-state index is 0.273. The highest BCUT2D eigenvalue weighted by Crippen LogP contribution is 2.43. The molecule has 1 aromatic carbocycles. The van der Waals surface area contributed by atoms with Crippen LogP contribution in [0.15, 0.2) is 30.3 Å². The number of rotatable bonds is 4. The highest BCUT2D eigenvalue weighted by molar-refractivity contribution is 7.20. The van der Waals surface area contributed by atoms with Crippen molar-refractivity contribution in [3.63, 3.8) is 0 Å².